The van der Waals surface area contributed by atoms with Crippen LogP contribution in [0.15, 0.2) is 0 Å². The number of rotatable bonds is 6. The minimum atomic E-state index is -0.279. The van der Waals surface area contributed by atoms with E-state index in [0.29, 0.717) is 12.5 Å². The number of ether oxygens (including phenoxy) is 1. The molecule has 0 aromatic heterocycles. The quantitative estimate of drug-likeness (QED) is 0.722. The zero-order valence-corrected chi connectivity index (χ0v) is 11.2. The summed E-state index contributed by atoms with van der Waals surface area (Å²) in [5.41, 5.74) is 5.22. The standard InChI is InChI=1S/C12H26N2O2/c1-9(2)10(6-7-13)14-11(15)8-16-12(3,4)5/h9-10H,6-8,13H2,1-5H3,(H,14,15). The number of carbonyl (C=O) groups excluding carboxylic acids is 1. The fourth-order valence-corrected chi connectivity index (χ4v) is 1.28. The Bertz CT molecular complexity index is 210. The molecule has 0 aliphatic carbocycles. The minimum absolute atomic E-state index is 0.0675. The highest BCUT2D eigenvalue weighted by Crippen LogP contribution is 2.07. The lowest BCUT2D eigenvalue weighted by Gasteiger charge is -2.24. The van der Waals surface area contributed by atoms with Gasteiger partial charge in [-0.3, -0.25) is 4.79 Å². The summed E-state index contributed by atoms with van der Waals surface area (Å²) in [5.74, 6) is 0.323. The van der Waals surface area contributed by atoms with Crippen LogP contribution in [-0.4, -0.2) is 30.7 Å². The summed E-state index contributed by atoms with van der Waals surface area (Å²) in [6.07, 6.45) is 0.804. The maximum atomic E-state index is 11.6. The number of carbonyl (C=O) groups is 1. The zero-order valence-electron chi connectivity index (χ0n) is 11.2. The highest BCUT2D eigenvalue weighted by molar-refractivity contribution is 5.77. The average molecular weight is 230 g/mol. The molecule has 0 aromatic carbocycles. The summed E-state index contributed by atoms with van der Waals surface area (Å²) in [7, 11) is 0. The molecule has 0 rings (SSSR count). The fraction of sp³-hybridized carbons (Fsp3) is 0.917. The van der Waals surface area contributed by atoms with Crippen molar-refractivity contribution >= 4 is 5.91 Å². The maximum Gasteiger partial charge on any atom is 0.246 e. The molecule has 0 spiro atoms. The molecule has 1 atom stereocenters. The Morgan fingerprint density at radius 3 is 2.31 bits per heavy atom. The van der Waals surface area contributed by atoms with Gasteiger partial charge in [0.2, 0.25) is 5.91 Å². The molecule has 0 aliphatic rings. The molecule has 16 heavy (non-hydrogen) atoms. The van der Waals surface area contributed by atoms with Crippen molar-refractivity contribution in [1.82, 2.24) is 5.32 Å². The average Bonchev–Trinajstić information content (AvgIpc) is 2.13. The second-order valence-corrected chi connectivity index (χ2v) is 5.40. The van der Waals surface area contributed by atoms with E-state index in [1.54, 1.807) is 0 Å². The van der Waals surface area contributed by atoms with Crippen LogP contribution in [0.1, 0.15) is 41.0 Å². The van der Waals surface area contributed by atoms with E-state index in [1.807, 2.05) is 20.8 Å². The van der Waals surface area contributed by atoms with Crippen molar-refractivity contribution in [2.75, 3.05) is 13.2 Å². The topological polar surface area (TPSA) is 64.3 Å². The molecule has 0 aromatic rings. The highest BCUT2D eigenvalue weighted by Gasteiger charge is 2.17. The van der Waals surface area contributed by atoms with Crippen LogP contribution in [0.3, 0.4) is 0 Å². The number of amides is 1. The third-order valence-corrected chi connectivity index (χ3v) is 2.27. The summed E-state index contributed by atoms with van der Waals surface area (Å²) >= 11 is 0. The SMILES string of the molecule is CC(C)C(CCN)NC(=O)COC(C)(C)C. The largest absolute Gasteiger partial charge is 0.366 e. The first kappa shape index (κ1) is 15.4. The van der Waals surface area contributed by atoms with Crippen LogP contribution in [0, 0.1) is 5.92 Å². The Morgan fingerprint density at radius 2 is 1.94 bits per heavy atom. The van der Waals surface area contributed by atoms with Crippen molar-refractivity contribution < 1.29 is 9.53 Å². The summed E-state index contributed by atoms with van der Waals surface area (Å²) in [4.78, 5) is 11.6. The molecule has 1 amide bonds. The predicted octanol–water partition coefficient (Wildman–Crippen LogP) is 1.29. The summed E-state index contributed by atoms with van der Waals surface area (Å²) in [5, 5.41) is 2.95. The van der Waals surface area contributed by atoms with Gasteiger partial charge < -0.3 is 15.8 Å². The first-order chi connectivity index (χ1) is 7.26. The number of nitrogens with one attached hydrogen (secondary N) is 1. The smallest absolute Gasteiger partial charge is 0.246 e. The van der Waals surface area contributed by atoms with Gasteiger partial charge in [0, 0.05) is 6.04 Å². The van der Waals surface area contributed by atoms with Crippen LogP contribution in [0.4, 0.5) is 0 Å². The second-order valence-electron chi connectivity index (χ2n) is 5.40. The van der Waals surface area contributed by atoms with Crippen molar-refractivity contribution in [3.05, 3.63) is 0 Å². The first-order valence-corrected chi connectivity index (χ1v) is 5.89. The number of hydrogen-bond acceptors (Lipinski definition) is 3. The molecule has 1 unspecified atom stereocenters. The monoisotopic (exact) mass is 230 g/mol. The second kappa shape index (κ2) is 6.86. The van der Waals surface area contributed by atoms with Crippen molar-refractivity contribution in [2.24, 2.45) is 11.7 Å². The van der Waals surface area contributed by atoms with Crippen molar-refractivity contribution in [2.45, 2.75) is 52.7 Å². The van der Waals surface area contributed by atoms with Gasteiger partial charge in [0.15, 0.2) is 0 Å². The van der Waals surface area contributed by atoms with E-state index in [2.05, 4.69) is 19.2 Å². The molecule has 0 saturated heterocycles. The molecule has 0 fully saturated rings. The number of nitrogens with two attached hydrogens (primary N) is 1. The normalized spacial score (nSPS) is 13.9. The van der Waals surface area contributed by atoms with E-state index in [-0.39, 0.29) is 24.2 Å². The third-order valence-electron chi connectivity index (χ3n) is 2.27. The van der Waals surface area contributed by atoms with Crippen molar-refractivity contribution in [3.8, 4) is 0 Å². The number of hydrogen-bond donors (Lipinski definition) is 2. The minimum Gasteiger partial charge on any atom is -0.366 e. The van der Waals surface area contributed by atoms with Gasteiger partial charge in [0.25, 0.3) is 0 Å². The van der Waals surface area contributed by atoms with E-state index < -0.39 is 0 Å². The van der Waals surface area contributed by atoms with Crippen LogP contribution >= 0.6 is 0 Å². The van der Waals surface area contributed by atoms with Crippen LogP contribution in [0.25, 0.3) is 0 Å². The highest BCUT2D eigenvalue weighted by atomic mass is 16.5. The van der Waals surface area contributed by atoms with Gasteiger partial charge in [-0.15, -0.1) is 0 Å². The molecule has 4 nitrogen and oxygen atoms in total. The van der Waals surface area contributed by atoms with Crippen molar-refractivity contribution in [3.63, 3.8) is 0 Å². The van der Waals surface area contributed by atoms with Crippen LogP contribution < -0.4 is 11.1 Å². The van der Waals surface area contributed by atoms with Gasteiger partial charge in [-0.2, -0.15) is 0 Å². The summed E-state index contributed by atoms with van der Waals surface area (Å²) in [6, 6.07) is 0.140. The molecule has 96 valence electrons. The molecule has 4 heteroatoms. The van der Waals surface area contributed by atoms with Crippen LogP contribution in [0.5, 0.6) is 0 Å². The van der Waals surface area contributed by atoms with Gasteiger partial charge in [-0.05, 0) is 39.7 Å². The van der Waals surface area contributed by atoms with E-state index >= 15 is 0 Å². The van der Waals surface area contributed by atoms with Gasteiger partial charge in [0.05, 0.1) is 5.60 Å². The van der Waals surface area contributed by atoms with Crippen LogP contribution in [0.2, 0.25) is 0 Å². The Balaban J connectivity index is 4.00. The van der Waals surface area contributed by atoms with Gasteiger partial charge >= 0.3 is 0 Å². The van der Waals surface area contributed by atoms with Gasteiger partial charge in [-0.1, -0.05) is 13.8 Å². The predicted molar refractivity (Wildman–Crippen MR) is 66.1 cm³/mol. The molecule has 0 heterocycles. The molecule has 3 N–H and O–H groups in total. The maximum absolute atomic E-state index is 11.6. The molecule has 0 saturated carbocycles. The van der Waals surface area contributed by atoms with E-state index in [0.717, 1.165) is 6.42 Å². The summed E-state index contributed by atoms with van der Waals surface area (Å²) in [6.45, 7) is 10.6. The van der Waals surface area contributed by atoms with E-state index in [1.165, 1.54) is 0 Å². The lowest BCUT2D eigenvalue weighted by Crippen LogP contribution is -2.42. The lowest BCUT2D eigenvalue weighted by atomic mass is 10.0. The first-order valence-electron chi connectivity index (χ1n) is 5.89. The molecule has 0 radical (unpaired) electrons. The lowest BCUT2D eigenvalue weighted by molar-refractivity contribution is -0.131. The third kappa shape index (κ3) is 7.65. The Morgan fingerprint density at radius 1 is 1.38 bits per heavy atom. The molecular formula is C12H26N2O2. The van der Waals surface area contributed by atoms with E-state index in [9.17, 15) is 4.79 Å². The van der Waals surface area contributed by atoms with Crippen LogP contribution in [-0.2, 0) is 9.53 Å². The molecular weight excluding hydrogens is 204 g/mol. The summed E-state index contributed by atoms with van der Waals surface area (Å²) < 4.78 is 5.41. The Labute approximate surface area is 98.9 Å². The van der Waals surface area contributed by atoms with E-state index in [4.69, 9.17) is 10.5 Å². The Kier molecular flexibility index (Phi) is 6.60. The van der Waals surface area contributed by atoms with Gasteiger partial charge in [0.1, 0.15) is 6.61 Å². The fourth-order valence-electron chi connectivity index (χ4n) is 1.28. The molecule has 0 aliphatic heterocycles. The van der Waals surface area contributed by atoms with Gasteiger partial charge in [-0.25, -0.2) is 0 Å². The zero-order chi connectivity index (χ0) is 12.8. The van der Waals surface area contributed by atoms with Crippen molar-refractivity contribution in [1.29, 1.82) is 0 Å². The molecule has 0 bridgehead atoms. The Hall–Kier alpha value is -0.610.